The monoisotopic (exact) mass is 294 g/mol. The number of nitrogens with two attached hydrogens (primary N) is 2. The Bertz CT molecular complexity index is 545. The van der Waals surface area contributed by atoms with Gasteiger partial charge in [0, 0.05) is 27.3 Å². The van der Waals surface area contributed by atoms with Crippen LogP contribution in [0, 0.1) is 0 Å². The molecule has 2 aromatic carbocycles. The molecule has 0 unspecified atom stereocenters. The molecule has 0 aliphatic carbocycles. The van der Waals surface area contributed by atoms with Crippen LogP contribution in [0.15, 0.2) is 36.4 Å². The van der Waals surface area contributed by atoms with Crippen molar-refractivity contribution in [3.05, 3.63) is 57.6 Å². The minimum atomic E-state index is 0.140. The Labute approximate surface area is 123 Å². The molecule has 0 spiro atoms. The van der Waals surface area contributed by atoms with Gasteiger partial charge in [0.15, 0.2) is 0 Å². The van der Waals surface area contributed by atoms with Crippen LogP contribution in [0.4, 0.5) is 11.4 Å². The highest BCUT2D eigenvalue weighted by atomic mass is 35.5. The summed E-state index contributed by atoms with van der Waals surface area (Å²) in [6.07, 6.45) is 0.896. The molecule has 2 aromatic rings. The van der Waals surface area contributed by atoms with Crippen LogP contribution in [0.5, 0.6) is 0 Å². The molecule has 0 atom stereocenters. The fourth-order valence-corrected chi connectivity index (χ4v) is 2.90. The van der Waals surface area contributed by atoms with Gasteiger partial charge in [-0.1, -0.05) is 42.3 Å². The van der Waals surface area contributed by atoms with Gasteiger partial charge < -0.3 is 11.5 Å². The maximum absolute atomic E-state index is 6.29. The number of nitrogen functional groups attached to an aromatic ring is 2. The second-order valence-corrected chi connectivity index (χ2v) is 5.34. The van der Waals surface area contributed by atoms with Gasteiger partial charge in [-0.05, 0) is 41.8 Å². The maximum Gasteiger partial charge on any atom is 0.0464 e. The zero-order valence-electron chi connectivity index (χ0n) is 10.7. The first-order valence-electron chi connectivity index (χ1n) is 6.12. The summed E-state index contributed by atoms with van der Waals surface area (Å²) in [5, 5.41) is 1.33. The van der Waals surface area contributed by atoms with Gasteiger partial charge in [0.25, 0.3) is 0 Å². The number of hydrogen-bond donors (Lipinski definition) is 2. The molecule has 100 valence electrons. The van der Waals surface area contributed by atoms with Gasteiger partial charge in [-0.2, -0.15) is 0 Å². The Morgan fingerprint density at radius 2 is 1.32 bits per heavy atom. The minimum Gasteiger partial charge on any atom is -0.399 e. The van der Waals surface area contributed by atoms with E-state index in [1.54, 1.807) is 12.1 Å². The van der Waals surface area contributed by atoms with Gasteiger partial charge in [-0.3, -0.25) is 0 Å². The molecule has 0 saturated carbocycles. The summed E-state index contributed by atoms with van der Waals surface area (Å²) in [6, 6.07) is 11.2. The SMILES string of the molecule is CCC(c1ccc(N)cc1Cl)c1ccc(N)cc1Cl. The zero-order valence-corrected chi connectivity index (χ0v) is 12.2. The molecule has 0 aliphatic heterocycles. The maximum atomic E-state index is 6.29. The van der Waals surface area contributed by atoms with Crippen LogP contribution in [0.3, 0.4) is 0 Å². The third-order valence-corrected chi connectivity index (χ3v) is 3.86. The second kappa shape index (κ2) is 5.72. The second-order valence-electron chi connectivity index (χ2n) is 4.52. The van der Waals surface area contributed by atoms with Crippen molar-refractivity contribution in [3.8, 4) is 0 Å². The highest BCUT2D eigenvalue weighted by Gasteiger charge is 2.18. The quantitative estimate of drug-likeness (QED) is 0.806. The summed E-state index contributed by atoms with van der Waals surface area (Å²) < 4.78 is 0. The molecule has 0 amide bonds. The number of hydrogen-bond acceptors (Lipinski definition) is 2. The first kappa shape index (κ1) is 14.0. The first-order chi connectivity index (χ1) is 9.02. The lowest BCUT2D eigenvalue weighted by molar-refractivity contribution is 0.778. The van der Waals surface area contributed by atoms with E-state index < -0.39 is 0 Å². The molecule has 2 rings (SSSR count). The van der Waals surface area contributed by atoms with Crippen molar-refractivity contribution in [3.63, 3.8) is 0 Å². The predicted octanol–water partition coefficient (Wildman–Crippen LogP) is 4.70. The molecule has 0 heterocycles. The number of anilines is 2. The van der Waals surface area contributed by atoms with E-state index in [1.807, 2.05) is 24.3 Å². The van der Waals surface area contributed by atoms with Crippen LogP contribution in [0.2, 0.25) is 10.0 Å². The third kappa shape index (κ3) is 2.96. The lowest BCUT2D eigenvalue weighted by atomic mass is 9.89. The van der Waals surface area contributed by atoms with Crippen molar-refractivity contribution in [2.75, 3.05) is 11.5 Å². The molecule has 0 aliphatic rings. The number of benzene rings is 2. The third-order valence-electron chi connectivity index (χ3n) is 3.21. The fourth-order valence-electron chi connectivity index (χ4n) is 2.26. The summed E-state index contributed by atoms with van der Waals surface area (Å²) >= 11 is 12.6. The smallest absolute Gasteiger partial charge is 0.0464 e. The Hall–Kier alpha value is -1.38. The Balaban J connectivity index is 2.50. The largest absolute Gasteiger partial charge is 0.399 e. The summed E-state index contributed by atoms with van der Waals surface area (Å²) in [5.74, 6) is 0.140. The molecule has 0 saturated heterocycles. The molecular formula is C15H16Cl2N2. The van der Waals surface area contributed by atoms with E-state index in [9.17, 15) is 0 Å². The summed E-state index contributed by atoms with van der Waals surface area (Å²) in [6.45, 7) is 2.10. The van der Waals surface area contributed by atoms with Crippen LogP contribution in [-0.2, 0) is 0 Å². The van der Waals surface area contributed by atoms with Crippen molar-refractivity contribution < 1.29 is 0 Å². The van der Waals surface area contributed by atoms with Crippen LogP contribution in [-0.4, -0.2) is 0 Å². The van der Waals surface area contributed by atoms with Crippen LogP contribution in [0.25, 0.3) is 0 Å². The van der Waals surface area contributed by atoms with Crippen LogP contribution < -0.4 is 11.5 Å². The molecule has 2 nitrogen and oxygen atoms in total. The highest BCUT2D eigenvalue weighted by molar-refractivity contribution is 6.32. The van der Waals surface area contributed by atoms with E-state index in [2.05, 4.69) is 6.92 Å². The van der Waals surface area contributed by atoms with Crippen LogP contribution >= 0.6 is 23.2 Å². The fraction of sp³-hybridized carbons (Fsp3) is 0.200. The summed E-state index contributed by atoms with van der Waals surface area (Å²) in [7, 11) is 0. The number of halogens is 2. The van der Waals surface area contributed by atoms with Crippen molar-refractivity contribution in [2.24, 2.45) is 0 Å². The van der Waals surface area contributed by atoms with E-state index in [1.165, 1.54) is 0 Å². The number of rotatable bonds is 3. The average Bonchev–Trinajstić information content (AvgIpc) is 2.34. The van der Waals surface area contributed by atoms with Crippen molar-refractivity contribution >= 4 is 34.6 Å². The lowest BCUT2D eigenvalue weighted by Gasteiger charge is -2.19. The van der Waals surface area contributed by atoms with E-state index in [0.717, 1.165) is 17.5 Å². The van der Waals surface area contributed by atoms with Gasteiger partial charge in [0.1, 0.15) is 0 Å². The lowest BCUT2D eigenvalue weighted by Crippen LogP contribution is -2.02. The Morgan fingerprint density at radius 1 is 0.895 bits per heavy atom. The molecule has 0 bridgehead atoms. The van der Waals surface area contributed by atoms with E-state index in [4.69, 9.17) is 34.7 Å². The van der Waals surface area contributed by atoms with Gasteiger partial charge in [0.2, 0.25) is 0 Å². The summed E-state index contributed by atoms with van der Waals surface area (Å²) in [5.41, 5.74) is 14.8. The van der Waals surface area contributed by atoms with Gasteiger partial charge in [-0.15, -0.1) is 0 Å². The molecule has 0 aromatic heterocycles. The van der Waals surface area contributed by atoms with Gasteiger partial charge >= 0.3 is 0 Å². The average molecular weight is 295 g/mol. The molecule has 4 N–H and O–H groups in total. The topological polar surface area (TPSA) is 52.0 Å². The predicted molar refractivity (Wildman–Crippen MR) is 83.9 cm³/mol. The molecule has 4 heteroatoms. The normalized spacial score (nSPS) is 10.9. The molecular weight excluding hydrogens is 279 g/mol. The van der Waals surface area contributed by atoms with Gasteiger partial charge in [0.05, 0.1) is 0 Å². The van der Waals surface area contributed by atoms with E-state index >= 15 is 0 Å². The zero-order chi connectivity index (χ0) is 14.0. The van der Waals surface area contributed by atoms with Crippen molar-refractivity contribution in [2.45, 2.75) is 19.3 Å². The molecule has 0 fully saturated rings. The summed E-state index contributed by atoms with van der Waals surface area (Å²) in [4.78, 5) is 0. The minimum absolute atomic E-state index is 0.140. The van der Waals surface area contributed by atoms with E-state index in [-0.39, 0.29) is 5.92 Å². The standard InChI is InChI=1S/C15H16Cl2N2/c1-2-11(12-5-3-9(18)7-14(12)16)13-6-4-10(19)8-15(13)17/h3-8,11H,2,18-19H2,1H3. The van der Waals surface area contributed by atoms with Gasteiger partial charge in [-0.25, -0.2) is 0 Å². The van der Waals surface area contributed by atoms with Crippen molar-refractivity contribution in [1.29, 1.82) is 0 Å². The molecule has 0 radical (unpaired) electrons. The highest BCUT2D eigenvalue weighted by Crippen LogP contribution is 2.37. The Morgan fingerprint density at radius 3 is 1.63 bits per heavy atom. The molecule has 19 heavy (non-hydrogen) atoms. The van der Waals surface area contributed by atoms with Crippen LogP contribution in [0.1, 0.15) is 30.4 Å². The Kier molecular flexibility index (Phi) is 4.23. The van der Waals surface area contributed by atoms with Crippen molar-refractivity contribution in [1.82, 2.24) is 0 Å². The van der Waals surface area contributed by atoms with E-state index in [0.29, 0.717) is 21.4 Å². The first-order valence-corrected chi connectivity index (χ1v) is 6.88.